The molecule has 2 heteroatoms. The van der Waals surface area contributed by atoms with Gasteiger partial charge in [-0.05, 0) is 179 Å². The quantitative estimate of drug-likeness (QED) is 0.117. The van der Waals surface area contributed by atoms with Crippen LogP contribution in [0, 0.1) is 0 Å². The second-order valence-corrected chi connectivity index (χ2v) is 21.6. The first kappa shape index (κ1) is 48.6. The number of nitrogens with zero attached hydrogens (tertiary/aromatic N) is 1. The topological polar surface area (TPSA) is 15.3 Å². The van der Waals surface area contributed by atoms with Crippen LogP contribution >= 0.6 is 0 Å². The summed E-state index contributed by atoms with van der Waals surface area (Å²) in [6.07, 6.45) is 7.15. The summed E-state index contributed by atoms with van der Waals surface area (Å²) in [7, 11) is 0. The molecule has 2 nitrogen and oxygen atoms in total. The molecule has 0 aliphatic heterocycles. The first-order valence-electron chi connectivity index (χ1n) is 27.3. The van der Waals surface area contributed by atoms with Crippen LogP contribution in [0.25, 0.3) is 60.6 Å². The molecule has 10 aromatic carbocycles. The molecule has 0 fully saturated rings. The molecule has 368 valence electrons. The molecule has 11 rings (SSSR count). The van der Waals surface area contributed by atoms with Gasteiger partial charge in [-0.15, -0.1) is 0 Å². The van der Waals surface area contributed by atoms with E-state index in [1.807, 2.05) is 0 Å². The molecule has 1 aliphatic rings. The van der Waals surface area contributed by atoms with Gasteiger partial charge in [0, 0.05) is 28.7 Å². The molecule has 0 spiro atoms. The summed E-state index contributed by atoms with van der Waals surface area (Å²) in [6.45, 7) is 18.3. The van der Waals surface area contributed by atoms with Gasteiger partial charge in [0.15, 0.2) is 0 Å². The Kier molecular flexibility index (Phi) is 13.6. The van der Waals surface area contributed by atoms with Crippen LogP contribution in [0.1, 0.15) is 137 Å². The van der Waals surface area contributed by atoms with Crippen molar-refractivity contribution >= 4 is 61.1 Å². The fourth-order valence-electron chi connectivity index (χ4n) is 11.7. The number of rotatable bonds is 14. The van der Waals surface area contributed by atoms with E-state index < -0.39 is 0 Å². The molecule has 4 unspecified atom stereocenters. The van der Waals surface area contributed by atoms with Gasteiger partial charge in [0.2, 0.25) is 0 Å². The molecular formula is C72H70N2. The van der Waals surface area contributed by atoms with Crippen LogP contribution in [-0.4, -0.2) is 6.04 Å². The van der Waals surface area contributed by atoms with E-state index in [2.05, 4.69) is 278 Å². The van der Waals surface area contributed by atoms with E-state index in [0.29, 0.717) is 23.7 Å². The van der Waals surface area contributed by atoms with Gasteiger partial charge in [0.1, 0.15) is 0 Å². The van der Waals surface area contributed by atoms with Gasteiger partial charge in [-0.1, -0.05) is 219 Å². The molecule has 0 saturated carbocycles. The highest BCUT2D eigenvalue weighted by molar-refractivity contribution is 6.17. The minimum atomic E-state index is -0.0460. The molecule has 0 radical (unpaired) electrons. The van der Waals surface area contributed by atoms with Crippen LogP contribution in [0.15, 0.2) is 206 Å². The summed E-state index contributed by atoms with van der Waals surface area (Å²) in [5.41, 5.74) is 18.9. The molecular weight excluding hydrogens is 893 g/mol. The van der Waals surface area contributed by atoms with E-state index in [4.69, 9.17) is 0 Å². The molecule has 74 heavy (non-hydrogen) atoms. The van der Waals surface area contributed by atoms with Crippen LogP contribution < -0.4 is 10.2 Å². The zero-order valence-corrected chi connectivity index (χ0v) is 44.5. The Bertz CT molecular complexity index is 3620. The van der Waals surface area contributed by atoms with Crippen molar-refractivity contribution in [2.24, 2.45) is 0 Å². The minimum Gasteiger partial charge on any atom is -0.378 e. The standard InChI is InChI=1S/C72H70N2/c1-9-48(7)52-29-35-57(36-30-52)73-68-44-43-66-70(63-23-15-19-54-17-11-13-21-61(54)63)67-45-60(74(58-37-31-51(32-38-58)47(5)6)59-39-33-53(34-40-59)49(8)10-2)41-42-65(67)71(64-24-16-20-55-18-12-14-22-62(55)64)72(66)69(68)56-27-25-50(26-28-56)46(3)4/h11-49,68-69,73H,9-10H2,1-8H3. The number of anilines is 4. The summed E-state index contributed by atoms with van der Waals surface area (Å²) in [5.74, 6) is 1.81. The van der Waals surface area contributed by atoms with Crippen molar-refractivity contribution < 1.29 is 0 Å². The Labute approximate surface area is 440 Å². The largest absolute Gasteiger partial charge is 0.378 e. The predicted octanol–water partition coefficient (Wildman–Crippen LogP) is 20.9. The summed E-state index contributed by atoms with van der Waals surface area (Å²) in [4.78, 5) is 2.47. The van der Waals surface area contributed by atoms with Gasteiger partial charge < -0.3 is 10.2 Å². The summed E-state index contributed by atoms with van der Waals surface area (Å²) < 4.78 is 0. The first-order valence-corrected chi connectivity index (χ1v) is 27.3. The van der Waals surface area contributed by atoms with Crippen molar-refractivity contribution in [1.82, 2.24) is 0 Å². The predicted molar refractivity (Wildman–Crippen MR) is 321 cm³/mol. The average molecular weight is 963 g/mol. The Morgan fingerprint density at radius 3 is 1.45 bits per heavy atom. The van der Waals surface area contributed by atoms with Crippen LogP contribution in [0.3, 0.4) is 0 Å². The van der Waals surface area contributed by atoms with Crippen molar-refractivity contribution in [1.29, 1.82) is 0 Å². The zero-order valence-electron chi connectivity index (χ0n) is 44.5. The minimum absolute atomic E-state index is 0.0442. The molecule has 1 N–H and O–H groups in total. The van der Waals surface area contributed by atoms with Crippen molar-refractivity contribution in [3.8, 4) is 22.3 Å². The van der Waals surface area contributed by atoms with Crippen LogP contribution in [0.2, 0.25) is 0 Å². The summed E-state index contributed by atoms with van der Waals surface area (Å²) in [5, 5.41) is 11.6. The molecule has 0 bridgehead atoms. The Balaban J connectivity index is 1.25. The maximum Gasteiger partial charge on any atom is 0.0557 e. The van der Waals surface area contributed by atoms with Gasteiger partial charge in [0.25, 0.3) is 0 Å². The van der Waals surface area contributed by atoms with E-state index in [9.17, 15) is 0 Å². The molecule has 0 amide bonds. The van der Waals surface area contributed by atoms with Crippen LogP contribution in [0.4, 0.5) is 22.7 Å². The smallest absolute Gasteiger partial charge is 0.0557 e. The number of benzene rings is 10. The van der Waals surface area contributed by atoms with Gasteiger partial charge in [-0.25, -0.2) is 0 Å². The second-order valence-electron chi connectivity index (χ2n) is 21.6. The Morgan fingerprint density at radius 1 is 0.432 bits per heavy atom. The summed E-state index contributed by atoms with van der Waals surface area (Å²) in [6, 6.07) is 76.3. The lowest BCUT2D eigenvalue weighted by molar-refractivity contribution is 0.728. The number of fused-ring (bicyclic) bond motifs is 4. The highest BCUT2D eigenvalue weighted by Gasteiger charge is 2.35. The lowest BCUT2D eigenvalue weighted by Gasteiger charge is -2.36. The number of hydrogen-bond acceptors (Lipinski definition) is 2. The SMILES string of the molecule is CCC(C)c1ccc(NC2C=Cc3c(c(-c4cccc5ccccc45)c4ccc(N(c5ccc(C(C)C)cc5)c5ccc(C(C)CC)cc5)cc4c3-c3cccc4ccccc34)C2c2ccc(C(C)C)cc2)cc1. The molecule has 0 heterocycles. The third-order valence-corrected chi connectivity index (χ3v) is 16.4. The number of hydrogen-bond donors (Lipinski definition) is 1. The Morgan fingerprint density at radius 2 is 0.905 bits per heavy atom. The van der Waals surface area contributed by atoms with Crippen LogP contribution in [0.5, 0.6) is 0 Å². The van der Waals surface area contributed by atoms with E-state index in [1.54, 1.807) is 0 Å². The van der Waals surface area contributed by atoms with Gasteiger partial charge >= 0.3 is 0 Å². The molecule has 0 saturated heterocycles. The van der Waals surface area contributed by atoms with Crippen molar-refractivity contribution in [2.45, 2.75) is 104 Å². The van der Waals surface area contributed by atoms with Crippen molar-refractivity contribution in [3.63, 3.8) is 0 Å². The van der Waals surface area contributed by atoms with Crippen molar-refractivity contribution in [2.75, 3.05) is 10.2 Å². The fourth-order valence-corrected chi connectivity index (χ4v) is 11.7. The second kappa shape index (κ2) is 20.7. The van der Waals surface area contributed by atoms with Crippen molar-refractivity contribution in [3.05, 3.63) is 245 Å². The fraction of sp³-hybridized carbons (Fsp3) is 0.222. The zero-order chi connectivity index (χ0) is 51.0. The molecule has 10 aromatic rings. The normalized spacial score (nSPS) is 15.2. The van der Waals surface area contributed by atoms with Crippen LogP contribution in [-0.2, 0) is 0 Å². The lowest BCUT2D eigenvalue weighted by atomic mass is 9.71. The molecule has 0 aromatic heterocycles. The van der Waals surface area contributed by atoms with Gasteiger partial charge in [0.05, 0.1) is 6.04 Å². The third-order valence-electron chi connectivity index (χ3n) is 16.4. The Hall–Kier alpha value is -7.68. The average Bonchev–Trinajstić information content (AvgIpc) is 3.44. The summed E-state index contributed by atoms with van der Waals surface area (Å²) >= 11 is 0. The van der Waals surface area contributed by atoms with E-state index in [-0.39, 0.29) is 12.0 Å². The third kappa shape index (κ3) is 9.10. The van der Waals surface area contributed by atoms with E-state index >= 15 is 0 Å². The monoisotopic (exact) mass is 963 g/mol. The molecule has 4 atom stereocenters. The maximum atomic E-state index is 4.14. The van der Waals surface area contributed by atoms with E-state index in [1.165, 1.54) is 93.5 Å². The van der Waals surface area contributed by atoms with E-state index in [0.717, 1.165) is 35.6 Å². The van der Waals surface area contributed by atoms with Gasteiger partial charge in [-0.2, -0.15) is 0 Å². The number of nitrogens with one attached hydrogen (secondary N) is 1. The maximum absolute atomic E-state index is 4.14. The van der Waals surface area contributed by atoms with Gasteiger partial charge in [-0.3, -0.25) is 0 Å². The highest BCUT2D eigenvalue weighted by atomic mass is 15.1. The highest BCUT2D eigenvalue weighted by Crippen LogP contribution is 2.53. The lowest BCUT2D eigenvalue weighted by Crippen LogP contribution is -2.30. The molecule has 1 aliphatic carbocycles. The first-order chi connectivity index (χ1) is 36.1.